The zero-order valence-corrected chi connectivity index (χ0v) is 12.5. The second-order valence-corrected chi connectivity index (χ2v) is 5.66. The van der Waals surface area contributed by atoms with E-state index in [1.165, 1.54) is 57.8 Å². The number of allylic oxidation sites excluding steroid dienone is 2. The van der Waals surface area contributed by atoms with Crippen molar-refractivity contribution in [3.05, 3.63) is 12.2 Å². The summed E-state index contributed by atoms with van der Waals surface area (Å²) in [6, 6.07) is 0. The minimum atomic E-state index is 0.751. The Labute approximate surface area is 114 Å². The third kappa shape index (κ3) is 15.4. The first kappa shape index (κ1) is 17.4. The van der Waals surface area contributed by atoms with E-state index in [0.29, 0.717) is 0 Å². The number of carbonyl (C=O) groups excluding carboxylic acids is 1. The largest absolute Gasteiger partial charge is 0.303 e. The van der Waals surface area contributed by atoms with Crippen molar-refractivity contribution >= 4 is 6.29 Å². The monoisotopic (exact) mass is 252 g/mol. The van der Waals surface area contributed by atoms with Gasteiger partial charge in [0.15, 0.2) is 0 Å². The lowest BCUT2D eigenvalue weighted by atomic mass is 10.1. The molecule has 1 heteroatoms. The van der Waals surface area contributed by atoms with Crippen LogP contribution in [0.4, 0.5) is 0 Å². The molecule has 0 bridgehead atoms. The molecule has 0 amide bonds. The van der Waals surface area contributed by atoms with Crippen LogP contribution in [0.15, 0.2) is 12.2 Å². The van der Waals surface area contributed by atoms with Crippen molar-refractivity contribution in [1.82, 2.24) is 0 Å². The Kier molecular flexibility index (Phi) is 14.0. The summed E-state index contributed by atoms with van der Waals surface area (Å²) in [6.07, 6.45) is 19.3. The molecule has 0 spiro atoms. The molecule has 0 radical (unpaired) electrons. The van der Waals surface area contributed by atoms with Crippen LogP contribution in [0.3, 0.4) is 0 Å². The van der Waals surface area contributed by atoms with Gasteiger partial charge in [-0.2, -0.15) is 0 Å². The standard InChI is InChI=1S/C17H32O/c1-17(2)15-13-11-9-7-5-3-4-6-8-10-12-14-16-18/h9,11,16-17H,3-8,10,12-15H2,1-2H3/b11-9-. The summed E-state index contributed by atoms with van der Waals surface area (Å²) in [5, 5.41) is 0. The molecule has 18 heavy (non-hydrogen) atoms. The average molecular weight is 252 g/mol. The molecule has 0 saturated heterocycles. The Morgan fingerprint density at radius 3 is 1.78 bits per heavy atom. The van der Waals surface area contributed by atoms with E-state index in [1.54, 1.807) is 0 Å². The van der Waals surface area contributed by atoms with Crippen LogP contribution in [0, 0.1) is 5.92 Å². The van der Waals surface area contributed by atoms with Crippen LogP contribution >= 0.6 is 0 Å². The molecule has 0 aromatic rings. The van der Waals surface area contributed by atoms with E-state index in [-0.39, 0.29) is 0 Å². The van der Waals surface area contributed by atoms with Crippen LogP contribution in [-0.4, -0.2) is 6.29 Å². The minimum Gasteiger partial charge on any atom is -0.303 e. The fourth-order valence-electron chi connectivity index (χ4n) is 2.04. The molecule has 0 aromatic heterocycles. The molecule has 106 valence electrons. The van der Waals surface area contributed by atoms with Crippen molar-refractivity contribution in [2.24, 2.45) is 5.92 Å². The summed E-state index contributed by atoms with van der Waals surface area (Å²) in [5.74, 6) is 0.828. The van der Waals surface area contributed by atoms with Crippen LogP contribution in [0.5, 0.6) is 0 Å². The normalized spacial score (nSPS) is 11.5. The zero-order chi connectivity index (χ0) is 13.5. The highest BCUT2D eigenvalue weighted by atomic mass is 16.1. The first-order valence-electron chi connectivity index (χ1n) is 7.86. The summed E-state index contributed by atoms with van der Waals surface area (Å²) in [5.41, 5.74) is 0. The SMILES string of the molecule is CC(C)CC/C=C\CCCCCCCCCC=O. The number of unbranched alkanes of at least 4 members (excludes halogenated alkanes) is 8. The topological polar surface area (TPSA) is 17.1 Å². The molecule has 0 aliphatic heterocycles. The summed E-state index contributed by atoms with van der Waals surface area (Å²) >= 11 is 0. The maximum atomic E-state index is 10.1. The fourth-order valence-corrected chi connectivity index (χ4v) is 2.04. The fraction of sp³-hybridized carbons (Fsp3) is 0.824. The van der Waals surface area contributed by atoms with E-state index in [9.17, 15) is 4.79 Å². The van der Waals surface area contributed by atoms with Crippen LogP contribution in [0.2, 0.25) is 0 Å². The Hall–Kier alpha value is -0.590. The van der Waals surface area contributed by atoms with E-state index in [2.05, 4.69) is 26.0 Å². The molecule has 0 aliphatic rings. The van der Waals surface area contributed by atoms with Crippen molar-refractivity contribution in [2.45, 2.75) is 84.5 Å². The summed E-state index contributed by atoms with van der Waals surface area (Å²) in [7, 11) is 0. The van der Waals surface area contributed by atoms with E-state index < -0.39 is 0 Å². The lowest BCUT2D eigenvalue weighted by Gasteiger charge is -2.00. The van der Waals surface area contributed by atoms with Crippen molar-refractivity contribution in [3.8, 4) is 0 Å². The van der Waals surface area contributed by atoms with Gasteiger partial charge in [0.05, 0.1) is 0 Å². The predicted molar refractivity (Wildman–Crippen MR) is 80.8 cm³/mol. The van der Waals surface area contributed by atoms with Gasteiger partial charge in [-0.1, -0.05) is 58.1 Å². The average Bonchev–Trinajstić information content (AvgIpc) is 2.34. The highest BCUT2D eigenvalue weighted by Gasteiger charge is 1.92. The van der Waals surface area contributed by atoms with Crippen LogP contribution in [-0.2, 0) is 4.79 Å². The van der Waals surface area contributed by atoms with E-state index >= 15 is 0 Å². The molecule has 0 heterocycles. The highest BCUT2D eigenvalue weighted by Crippen LogP contribution is 2.10. The van der Waals surface area contributed by atoms with Crippen LogP contribution < -0.4 is 0 Å². The molecule has 0 rings (SSSR count). The summed E-state index contributed by atoms with van der Waals surface area (Å²) in [6.45, 7) is 4.56. The smallest absolute Gasteiger partial charge is 0.119 e. The lowest BCUT2D eigenvalue weighted by Crippen LogP contribution is -1.84. The Morgan fingerprint density at radius 1 is 0.722 bits per heavy atom. The first-order chi connectivity index (χ1) is 8.77. The Balaban J connectivity index is 3.04. The van der Waals surface area contributed by atoms with E-state index in [1.807, 2.05) is 0 Å². The second-order valence-electron chi connectivity index (χ2n) is 5.66. The summed E-state index contributed by atoms with van der Waals surface area (Å²) < 4.78 is 0. The van der Waals surface area contributed by atoms with Crippen molar-refractivity contribution < 1.29 is 4.79 Å². The molecule has 0 aromatic carbocycles. The van der Waals surface area contributed by atoms with Gasteiger partial charge >= 0.3 is 0 Å². The van der Waals surface area contributed by atoms with Gasteiger partial charge < -0.3 is 4.79 Å². The molecule has 1 nitrogen and oxygen atoms in total. The molecule has 0 atom stereocenters. The third-order valence-corrected chi connectivity index (χ3v) is 3.27. The number of hydrogen-bond donors (Lipinski definition) is 0. The van der Waals surface area contributed by atoms with Crippen LogP contribution in [0.1, 0.15) is 84.5 Å². The summed E-state index contributed by atoms with van der Waals surface area (Å²) in [4.78, 5) is 10.1. The molecular formula is C17H32O. The third-order valence-electron chi connectivity index (χ3n) is 3.27. The maximum absolute atomic E-state index is 10.1. The van der Waals surface area contributed by atoms with Gasteiger partial charge in [-0.3, -0.25) is 0 Å². The predicted octanol–water partition coefficient (Wildman–Crippen LogP) is 5.69. The Bertz CT molecular complexity index is 194. The van der Waals surface area contributed by atoms with Gasteiger partial charge in [0, 0.05) is 6.42 Å². The van der Waals surface area contributed by atoms with E-state index in [4.69, 9.17) is 0 Å². The van der Waals surface area contributed by atoms with Crippen molar-refractivity contribution in [2.75, 3.05) is 0 Å². The lowest BCUT2D eigenvalue weighted by molar-refractivity contribution is -0.107. The van der Waals surface area contributed by atoms with Gasteiger partial charge in [0.1, 0.15) is 6.29 Å². The maximum Gasteiger partial charge on any atom is 0.119 e. The molecule has 0 aliphatic carbocycles. The number of aldehydes is 1. The number of hydrogen-bond acceptors (Lipinski definition) is 1. The molecular weight excluding hydrogens is 220 g/mol. The quantitative estimate of drug-likeness (QED) is 0.234. The number of carbonyl (C=O) groups is 1. The van der Waals surface area contributed by atoms with Gasteiger partial charge in [-0.05, 0) is 38.0 Å². The molecule has 0 fully saturated rings. The Morgan fingerprint density at radius 2 is 1.22 bits per heavy atom. The van der Waals surface area contributed by atoms with Gasteiger partial charge in [0.2, 0.25) is 0 Å². The van der Waals surface area contributed by atoms with E-state index in [0.717, 1.165) is 25.0 Å². The van der Waals surface area contributed by atoms with Gasteiger partial charge in [-0.25, -0.2) is 0 Å². The first-order valence-corrected chi connectivity index (χ1v) is 7.86. The zero-order valence-electron chi connectivity index (χ0n) is 12.5. The van der Waals surface area contributed by atoms with Crippen molar-refractivity contribution in [3.63, 3.8) is 0 Å². The highest BCUT2D eigenvalue weighted by molar-refractivity contribution is 5.48. The number of rotatable bonds is 13. The van der Waals surface area contributed by atoms with Gasteiger partial charge in [-0.15, -0.1) is 0 Å². The minimum absolute atomic E-state index is 0.751. The molecule has 0 saturated carbocycles. The van der Waals surface area contributed by atoms with Crippen molar-refractivity contribution in [1.29, 1.82) is 0 Å². The molecule has 0 N–H and O–H groups in total. The van der Waals surface area contributed by atoms with Crippen LogP contribution in [0.25, 0.3) is 0 Å². The molecule has 0 unspecified atom stereocenters. The second kappa shape index (κ2) is 14.5. The van der Waals surface area contributed by atoms with Gasteiger partial charge in [0.25, 0.3) is 0 Å².